The Labute approximate surface area is 169 Å². The maximum absolute atomic E-state index is 13.2. The number of hydrogen-bond acceptors (Lipinski definition) is 4. The van der Waals surface area contributed by atoms with Gasteiger partial charge in [0, 0.05) is 6.20 Å². The Kier molecular flexibility index (Phi) is 6.23. The molecule has 0 aliphatic carbocycles. The van der Waals surface area contributed by atoms with Crippen molar-refractivity contribution in [2.75, 3.05) is 10.8 Å². The zero-order valence-corrected chi connectivity index (χ0v) is 16.6. The summed E-state index contributed by atoms with van der Waals surface area (Å²) in [7, 11) is -4.07. The quantitative estimate of drug-likeness (QED) is 0.646. The van der Waals surface area contributed by atoms with Gasteiger partial charge in [0.25, 0.3) is 10.0 Å². The number of halogens is 1. The van der Waals surface area contributed by atoms with E-state index in [2.05, 4.69) is 10.3 Å². The molecule has 1 N–H and O–H groups in total. The fourth-order valence-electron chi connectivity index (χ4n) is 2.64. The summed E-state index contributed by atoms with van der Waals surface area (Å²) in [4.78, 5) is 16.5. The largest absolute Gasteiger partial charge is 0.349 e. The molecule has 0 aliphatic heterocycles. The van der Waals surface area contributed by atoms with Crippen LogP contribution in [0.15, 0.2) is 77.8 Å². The van der Waals surface area contributed by atoms with Crippen molar-refractivity contribution in [1.29, 1.82) is 0 Å². The molecule has 0 spiro atoms. The SMILES string of the molecule is Cc1ccc(N(CC(=O)NCc2ccccn2)S(=O)(=O)c2ccc(F)cc2)cc1. The molecule has 0 bridgehead atoms. The van der Waals surface area contributed by atoms with E-state index in [0.717, 1.165) is 22.0 Å². The van der Waals surface area contributed by atoms with Crippen LogP contribution >= 0.6 is 0 Å². The van der Waals surface area contributed by atoms with E-state index in [0.29, 0.717) is 11.4 Å². The van der Waals surface area contributed by atoms with Crippen LogP contribution in [0, 0.1) is 12.7 Å². The summed E-state index contributed by atoms with van der Waals surface area (Å²) in [5.41, 5.74) is 1.95. The van der Waals surface area contributed by atoms with Crippen LogP contribution < -0.4 is 9.62 Å². The molecule has 0 saturated carbocycles. The van der Waals surface area contributed by atoms with Crippen LogP contribution in [-0.4, -0.2) is 25.9 Å². The average Bonchev–Trinajstić information content (AvgIpc) is 2.72. The number of carbonyl (C=O) groups excluding carboxylic acids is 1. The number of hydrogen-bond donors (Lipinski definition) is 1. The molecule has 0 aliphatic rings. The molecule has 2 aromatic carbocycles. The van der Waals surface area contributed by atoms with Gasteiger partial charge in [-0.1, -0.05) is 23.8 Å². The van der Waals surface area contributed by atoms with E-state index in [4.69, 9.17) is 0 Å². The predicted octanol–water partition coefficient (Wildman–Crippen LogP) is 3.04. The number of nitrogens with zero attached hydrogens (tertiary/aromatic N) is 2. The molecule has 1 heterocycles. The summed E-state index contributed by atoms with van der Waals surface area (Å²) in [6.45, 7) is 1.63. The van der Waals surface area contributed by atoms with Crippen LogP contribution in [-0.2, 0) is 21.4 Å². The summed E-state index contributed by atoms with van der Waals surface area (Å²) in [6, 6.07) is 16.6. The number of aryl methyl sites for hydroxylation is 1. The first-order valence-corrected chi connectivity index (χ1v) is 10.3. The van der Waals surface area contributed by atoms with Crippen molar-refractivity contribution in [3.8, 4) is 0 Å². The Bertz CT molecular complexity index is 1070. The van der Waals surface area contributed by atoms with E-state index in [1.807, 2.05) is 6.92 Å². The Morgan fingerprint density at radius 1 is 1.03 bits per heavy atom. The van der Waals surface area contributed by atoms with Crippen LogP contribution in [0.25, 0.3) is 0 Å². The van der Waals surface area contributed by atoms with Gasteiger partial charge in [0.1, 0.15) is 12.4 Å². The molecule has 1 aromatic heterocycles. The molecule has 0 saturated heterocycles. The van der Waals surface area contributed by atoms with Crippen molar-refractivity contribution >= 4 is 21.6 Å². The average molecular weight is 413 g/mol. The Morgan fingerprint density at radius 2 is 1.72 bits per heavy atom. The van der Waals surface area contributed by atoms with Crippen LogP contribution in [0.1, 0.15) is 11.3 Å². The smallest absolute Gasteiger partial charge is 0.264 e. The minimum absolute atomic E-state index is 0.1000. The summed E-state index contributed by atoms with van der Waals surface area (Å²) >= 11 is 0. The second-order valence-electron chi connectivity index (χ2n) is 6.40. The lowest BCUT2D eigenvalue weighted by Gasteiger charge is -2.24. The highest BCUT2D eigenvalue weighted by Gasteiger charge is 2.27. The zero-order chi connectivity index (χ0) is 20.9. The van der Waals surface area contributed by atoms with Crippen molar-refractivity contribution in [2.45, 2.75) is 18.4 Å². The number of carbonyl (C=O) groups is 1. The third-order valence-electron chi connectivity index (χ3n) is 4.20. The van der Waals surface area contributed by atoms with Gasteiger partial charge in [-0.3, -0.25) is 14.1 Å². The fourth-order valence-corrected chi connectivity index (χ4v) is 4.06. The first-order valence-electron chi connectivity index (χ1n) is 8.88. The number of anilines is 1. The van der Waals surface area contributed by atoms with E-state index in [9.17, 15) is 17.6 Å². The molecular formula is C21H20FN3O3S. The molecule has 3 rings (SSSR count). The summed E-state index contributed by atoms with van der Waals surface area (Å²) < 4.78 is 40.5. The summed E-state index contributed by atoms with van der Waals surface area (Å²) in [5.74, 6) is -1.03. The van der Waals surface area contributed by atoms with Crippen molar-refractivity contribution in [2.24, 2.45) is 0 Å². The van der Waals surface area contributed by atoms with Crippen molar-refractivity contribution in [3.05, 3.63) is 90.0 Å². The Balaban J connectivity index is 1.86. The first-order chi connectivity index (χ1) is 13.9. The van der Waals surface area contributed by atoms with E-state index in [-0.39, 0.29) is 11.4 Å². The molecule has 0 radical (unpaired) electrons. The van der Waals surface area contributed by atoms with Gasteiger partial charge in [-0.2, -0.15) is 0 Å². The second-order valence-corrected chi connectivity index (χ2v) is 8.26. The number of sulfonamides is 1. The molecule has 6 nitrogen and oxygen atoms in total. The summed E-state index contributed by atoms with van der Waals surface area (Å²) in [5, 5.41) is 2.68. The lowest BCUT2D eigenvalue weighted by Crippen LogP contribution is -2.40. The van der Waals surface area contributed by atoms with Gasteiger partial charge in [-0.15, -0.1) is 0 Å². The van der Waals surface area contributed by atoms with E-state index < -0.39 is 28.3 Å². The van der Waals surface area contributed by atoms with Gasteiger partial charge < -0.3 is 5.32 Å². The summed E-state index contributed by atoms with van der Waals surface area (Å²) in [6.07, 6.45) is 1.61. The van der Waals surface area contributed by atoms with Crippen molar-refractivity contribution in [3.63, 3.8) is 0 Å². The maximum Gasteiger partial charge on any atom is 0.264 e. The monoisotopic (exact) mass is 413 g/mol. The molecular weight excluding hydrogens is 393 g/mol. The highest BCUT2D eigenvalue weighted by molar-refractivity contribution is 7.92. The number of benzene rings is 2. The van der Waals surface area contributed by atoms with E-state index >= 15 is 0 Å². The highest BCUT2D eigenvalue weighted by atomic mass is 32.2. The van der Waals surface area contributed by atoms with Crippen molar-refractivity contribution < 1.29 is 17.6 Å². The molecule has 8 heteroatoms. The number of nitrogens with one attached hydrogen (secondary N) is 1. The minimum Gasteiger partial charge on any atom is -0.349 e. The predicted molar refractivity (Wildman–Crippen MR) is 108 cm³/mol. The standard InChI is InChI=1S/C21H20FN3O3S/c1-16-5-9-19(10-6-16)25(29(27,28)20-11-7-17(22)8-12-20)15-21(26)24-14-18-4-2-3-13-23-18/h2-13H,14-15H2,1H3,(H,24,26). The van der Waals surface area contributed by atoms with E-state index in [1.165, 1.54) is 12.1 Å². The number of pyridine rings is 1. The molecule has 3 aromatic rings. The molecule has 0 atom stereocenters. The topological polar surface area (TPSA) is 79.4 Å². The normalized spacial score (nSPS) is 11.1. The van der Waals surface area contributed by atoms with E-state index in [1.54, 1.807) is 48.7 Å². The third-order valence-corrected chi connectivity index (χ3v) is 5.99. The van der Waals surface area contributed by atoms with Crippen LogP contribution in [0.3, 0.4) is 0 Å². The molecule has 150 valence electrons. The fraction of sp³-hybridized carbons (Fsp3) is 0.143. The van der Waals surface area contributed by atoms with Crippen LogP contribution in [0.5, 0.6) is 0 Å². The van der Waals surface area contributed by atoms with Crippen LogP contribution in [0.4, 0.5) is 10.1 Å². The van der Waals surface area contributed by atoms with Gasteiger partial charge in [-0.25, -0.2) is 12.8 Å². The Morgan fingerprint density at radius 3 is 2.34 bits per heavy atom. The van der Waals surface area contributed by atoms with Gasteiger partial charge >= 0.3 is 0 Å². The highest BCUT2D eigenvalue weighted by Crippen LogP contribution is 2.24. The maximum atomic E-state index is 13.2. The number of aromatic nitrogens is 1. The molecule has 29 heavy (non-hydrogen) atoms. The number of rotatable bonds is 7. The van der Waals surface area contributed by atoms with Crippen LogP contribution in [0.2, 0.25) is 0 Å². The van der Waals surface area contributed by atoms with Gasteiger partial charge in [0.2, 0.25) is 5.91 Å². The minimum atomic E-state index is -4.07. The van der Waals surface area contributed by atoms with Crippen molar-refractivity contribution in [1.82, 2.24) is 10.3 Å². The zero-order valence-electron chi connectivity index (χ0n) is 15.7. The molecule has 0 unspecified atom stereocenters. The van der Waals surface area contributed by atoms with Gasteiger partial charge in [-0.05, 0) is 55.5 Å². The van der Waals surface area contributed by atoms with Gasteiger partial charge in [0.15, 0.2) is 0 Å². The second kappa shape index (κ2) is 8.83. The molecule has 1 amide bonds. The third kappa shape index (κ3) is 5.17. The van der Waals surface area contributed by atoms with Gasteiger partial charge in [0.05, 0.1) is 22.8 Å². The Hall–Kier alpha value is -3.26. The lowest BCUT2D eigenvalue weighted by atomic mass is 10.2. The number of amides is 1. The molecule has 0 fully saturated rings. The lowest BCUT2D eigenvalue weighted by molar-refractivity contribution is -0.119. The first kappa shape index (κ1) is 20.5.